The summed E-state index contributed by atoms with van der Waals surface area (Å²) in [6.45, 7) is 4.09. The van der Waals surface area contributed by atoms with Gasteiger partial charge in [-0.3, -0.25) is 4.79 Å². The number of halogens is 3. The highest BCUT2D eigenvalue weighted by molar-refractivity contribution is 7.87. The number of hydrogen-bond acceptors (Lipinski definition) is 5. The standard InChI is InChI=1S/C23H22F3NO4S2/c1-3-16(2)27(22(28)21-11-6-12-32-21)15-17-7-4-9-19(13-17)31-33(29,30)20-10-5-8-18(14-20)23(24,25)26/h4-14,16H,3,15H2,1-2H3. The van der Waals surface area contributed by atoms with Crippen molar-refractivity contribution in [2.24, 2.45) is 0 Å². The molecule has 1 aromatic heterocycles. The zero-order valence-corrected chi connectivity index (χ0v) is 19.5. The van der Waals surface area contributed by atoms with Crippen molar-refractivity contribution in [3.8, 4) is 5.75 Å². The van der Waals surface area contributed by atoms with Gasteiger partial charge in [0.15, 0.2) is 0 Å². The predicted molar refractivity (Wildman–Crippen MR) is 120 cm³/mol. The van der Waals surface area contributed by atoms with Crippen LogP contribution >= 0.6 is 11.3 Å². The van der Waals surface area contributed by atoms with Crippen LogP contribution in [-0.4, -0.2) is 25.3 Å². The Labute approximate surface area is 194 Å². The highest BCUT2D eigenvalue weighted by atomic mass is 32.2. The fourth-order valence-corrected chi connectivity index (χ4v) is 4.73. The molecule has 0 aliphatic heterocycles. The molecule has 1 heterocycles. The van der Waals surface area contributed by atoms with Gasteiger partial charge in [-0.15, -0.1) is 11.3 Å². The minimum Gasteiger partial charge on any atom is -0.379 e. The molecule has 3 aromatic rings. The molecule has 1 amide bonds. The summed E-state index contributed by atoms with van der Waals surface area (Å²) in [5, 5.41) is 1.81. The second-order valence-corrected chi connectivity index (χ2v) is 9.87. The average molecular weight is 498 g/mol. The van der Waals surface area contributed by atoms with Crippen molar-refractivity contribution in [1.82, 2.24) is 4.90 Å². The molecule has 2 aromatic carbocycles. The lowest BCUT2D eigenvalue weighted by Gasteiger charge is -2.28. The Hall–Kier alpha value is -2.85. The molecule has 1 unspecified atom stereocenters. The van der Waals surface area contributed by atoms with Gasteiger partial charge in [-0.1, -0.05) is 31.2 Å². The van der Waals surface area contributed by atoms with E-state index in [1.54, 1.807) is 29.2 Å². The van der Waals surface area contributed by atoms with Crippen LogP contribution in [0.5, 0.6) is 5.75 Å². The first-order chi connectivity index (χ1) is 15.5. The van der Waals surface area contributed by atoms with Crippen LogP contribution in [0.4, 0.5) is 13.2 Å². The van der Waals surface area contributed by atoms with Crippen LogP contribution in [0.2, 0.25) is 0 Å². The molecule has 0 bridgehead atoms. The first kappa shape index (κ1) is 24.8. The molecule has 176 valence electrons. The highest BCUT2D eigenvalue weighted by Crippen LogP contribution is 2.31. The lowest BCUT2D eigenvalue weighted by Crippen LogP contribution is -2.37. The quantitative estimate of drug-likeness (QED) is 0.360. The van der Waals surface area contributed by atoms with Crippen LogP contribution < -0.4 is 4.18 Å². The Balaban J connectivity index is 1.83. The Morgan fingerprint density at radius 2 is 1.82 bits per heavy atom. The van der Waals surface area contributed by atoms with E-state index in [0.717, 1.165) is 24.6 Å². The molecule has 0 aliphatic rings. The molecule has 5 nitrogen and oxygen atoms in total. The van der Waals surface area contributed by atoms with Gasteiger partial charge < -0.3 is 9.08 Å². The number of amides is 1. The van der Waals surface area contributed by atoms with Crippen molar-refractivity contribution >= 4 is 27.4 Å². The summed E-state index contributed by atoms with van der Waals surface area (Å²) in [7, 11) is -4.49. The van der Waals surface area contributed by atoms with E-state index < -0.39 is 26.8 Å². The van der Waals surface area contributed by atoms with Gasteiger partial charge in [0, 0.05) is 12.6 Å². The molecule has 33 heavy (non-hydrogen) atoms. The van der Waals surface area contributed by atoms with E-state index in [1.807, 2.05) is 19.2 Å². The number of hydrogen-bond donors (Lipinski definition) is 0. The van der Waals surface area contributed by atoms with Crippen molar-refractivity contribution < 1.29 is 30.6 Å². The number of nitrogens with zero attached hydrogens (tertiary/aromatic N) is 1. The second-order valence-electron chi connectivity index (χ2n) is 7.38. The van der Waals surface area contributed by atoms with Gasteiger partial charge in [-0.05, 0) is 60.7 Å². The van der Waals surface area contributed by atoms with E-state index in [2.05, 4.69) is 0 Å². The monoisotopic (exact) mass is 497 g/mol. The highest BCUT2D eigenvalue weighted by Gasteiger charge is 2.32. The van der Waals surface area contributed by atoms with Crippen LogP contribution in [0, 0.1) is 0 Å². The fraction of sp³-hybridized carbons (Fsp3) is 0.261. The summed E-state index contributed by atoms with van der Waals surface area (Å²) < 4.78 is 69.1. The van der Waals surface area contributed by atoms with Crippen LogP contribution in [-0.2, 0) is 22.8 Å². The molecule has 0 aliphatic carbocycles. The molecule has 0 fully saturated rings. The summed E-state index contributed by atoms with van der Waals surface area (Å²) in [5.41, 5.74) is -0.464. The van der Waals surface area contributed by atoms with Gasteiger partial charge in [0.25, 0.3) is 5.91 Å². The maximum atomic E-state index is 13.0. The van der Waals surface area contributed by atoms with Crippen LogP contribution in [0.15, 0.2) is 70.9 Å². The molecule has 10 heteroatoms. The lowest BCUT2D eigenvalue weighted by atomic mass is 10.1. The van der Waals surface area contributed by atoms with E-state index in [-0.39, 0.29) is 24.2 Å². The van der Waals surface area contributed by atoms with Gasteiger partial charge in [0.05, 0.1) is 10.4 Å². The normalized spacial score (nSPS) is 12.9. The third-order valence-electron chi connectivity index (χ3n) is 5.02. The van der Waals surface area contributed by atoms with Crippen molar-refractivity contribution in [3.63, 3.8) is 0 Å². The number of rotatable bonds is 8. The van der Waals surface area contributed by atoms with E-state index in [4.69, 9.17) is 4.18 Å². The van der Waals surface area contributed by atoms with E-state index in [0.29, 0.717) is 16.5 Å². The van der Waals surface area contributed by atoms with Gasteiger partial charge in [-0.2, -0.15) is 21.6 Å². The molecule has 1 atom stereocenters. The first-order valence-electron chi connectivity index (χ1n) is 10.1. The molecular weight excluding hydrogens is 475 g/mol. The van der Waals surface area contributed by atoms with Gasteiger partial charge in [-0.25, -0.2) is 0 Å². The molecule has 0 saturated heterocycles. The fourth-order valence-electron chi connectivity index (χ4n) is 3.09. The van der Waals surface area contributed by atoms with Crippen molar-refractivity contribution in [3.05, 3.63) is 82.0 Å². The molecule has 3 rings (SSSR count). The summed E-state index contributed by atoms with van der Waals surface area (Å²) in [5.74, 6) is -0.195. The third-order valence-corrected chi connectivity index (χ3v) is 7.12. The largest absolute Gasteiger partial charge is 0.416 e. The molecule has 0 radical (unpaired) electrons. The second kappa shape index (κ2) is 9.96. The lowest BCUT2D eigenvalue weighted by molar-refractivity contribution is -0.137. The topological polar surface area (TPSA) is 63.7 Å². The van der Waals surface area contributed by atoms with Crippen molar-refractivity contribution in [2.45, 2.75) is 43.9 Å². The first-order valence-corrected chi connectivity index (χ1v) is 12.3. The Kier molecular flexibility index (Phi) is 7.48. The van der Waals surface area contributed by atoms with E-state index in [9.17, 15) is 26.4 Å². The molecule has 0 saturated carbocycles. The number of alkyl halides is 3. The Morgan fingerprint density at radius 3 is 2.45 bits per heavy atom. The maximum absolute atomic E-state index is 13.0. The Bertz CT molecular complexity index is 1210. The summed E-state index contributed by atoms with van der Waals surface area (Å²) in [6, 6.07) is 13.0. The zero-order valence-electron chi connectivity index (χ0n) is 17.9. The van der Waals surface area contributed by atoms with E-state index in [1.165, 1.54) is 23.5 Å². The molecule has 0 spiro atoms. The summed E-state index contributed by atoms with van der Waals surface area (Å²) >= 11 is 1.33. The van der Waals surface area contributed by atoms with Gasteiger partial charge in [0.1, 0.15) is 10.6 Å². The zero-order chi connectivity index (χ0) is 24.2. The van der Waals surface area contributed by atoms with Crippen molar-refractivity contribution in [1.29, 1.82) is 0 Å². The van der Waals surface area contributed by atoms with Gasteiger partial charge in [0.2, 0.25) is 0 Å². The number of carbonyl (C=O) groups excluding carboxylic acids is 1. The van der Waals surface area contributed by atoms with Crippen LogP contribution in [0.25, 0.3) is 0 Å². The SMILES string of the molecule is CCC(C)N(Cc1cccc(OS(=O)(=O)c2cccc(C(F)(F)F)c2)c1)C(=O)c1cccs1. The number of thiophene rings is 1. The third kappa shape index (κ3) is 6.14. The number of benzene rings is 2. The predicted octanol–water partition coefficient (Wildman–Crippen LogP) is 5.98. The summed E-state index contributed by atoms with van der Waals surface area (Å²) in [6.07, 6.45) is -3.96. The van der Waals surface area contributed by atoms with Gasteiger partial charge >= 0.3 is 16.3 Å². The maximum Gasteiger partial charge on any atom is 0.416 e. The average Bonchev–Trinajstić information content (AvgIpc) is 3.31. The Morgan fingerprint density at radius 1 is 1.09 bits per heavy atom. The van der Waals surface area contributed by atoms with Crippen LogP contribution in [0.3, 0.4) is 0 Å². The number of carbonyl (C=O) groups is 1. The minimum atomic E-state index is -4.68. The smallest absolute Gasteiger partial charge is 0.379 e. The van der Waals surface area contributed by atoms with Crippen molar-refractivity contribution in [2.75, 3.05) is 0 Å². The summed E-state index contributed by atoms with van der Waals surface area (Å²) in [4.78, 5) is 14.6. The minimum absolute atomic E-state index is 0.0578. The van der Waals surface area contributed by atoms with E-state index >= 15 is 0 Å². The molecule has 0 N–H and O–H groups in total. The van der Waals surface area contributed by atoms with Crippen LogP contribution in [0.1, 0.15) is 41.1 Å². The molecular formula is C23H22F3NO4S2.